The van der Waals surface area contributed by atoms with Gasteiger partial charge in [0.1, 0.15) is 0 Å². The predicted molar refractivity (Wildman–Crippen MR) is 81.1 cm³/mol. The molecule has 0 unspecified atom stereocenters. The third-order valence-corrected chi connectivity index (χ3v) is 5.43. The zero-order valence-corrected chi connectivity index (χ0v) is 12.9. The summed E-state index contributed by atoms with van der Waals surface area (Å²) >= 11 is 0. The van der Waals surface area contributed by atoms with Crippen molar-refractivity contribution in [3.8, 4) is 0 Å². The average Bonchev–Trinajstić information content (AvgIpc) is 2.48. The molecule has 4 nitrogen and oxygen atoms in total. The second kappa shape index (κ2) is 7.20. The van der Waals surface area contributed by atoms with Crippen LogP contribution in [0.1, 0.15) is 26.2 Å². The number of hydrogen-bond acceptors (Lipinski definition) is 3. The van der Waals surface area contributed by atoms with Crippen LogP contribution in [0.25, 0.3) is 0 Å². The highest BCUT2D eigenvalue weighted by Crippen LogP contribution is 2.18. The summed E-state index contributed by atoms with van der Waals surface area (Å²) < 4.78 is 26.8. The molecule has 0 spiro atoms. The Bertz CT molecular complexity index is 502. The molecule has 0 bridgehead atoms. The maximum absolute atomic E-state index is 12.1. The van der Waals surface area contributed by atoms with Crippen molar-refractivity contribution in [3.05, 3.63) is 30.3 Å². The van der Waals surface area contributed by atoms with Crippen molar-refractivity contribution in [1.29, 1.82) is 0 Å². The molecule has 1 atom stereocenters. The third-order valence-electron chi connectivity index (χ3n) is 3.95. The van der Waals surface area contributed by atoms with Crippen molar-refractivity contribution in [3.63, 3.8) is 0 Å². The van der Waals surface area contributed by atoms with Gasteiger partial charge < -0.3 is 4.90 Å². The topological polar surface area (TPSA) is 49.4 Å². The Morgan fingerprint density at radius 3 is 2.75 bits per heavy atom. The molecule has 0 aromatic heterocycles. The Morgan fingerprint density at radius 2 is 2.05 bits per heavy atom. The largest absolute Gasteiger partial charge is 0.302 e. The van der Waals surface area contributed by atoms with Crippen LogP contribution >= 0.6 is 0 Å². The van der Waals surface area contributed by atoms with Crippen molar-refractivity contribution in [2.45, 2.75) is 31.1 Å². The number of piperidine rings is 1. The summed E-state index contributed by atoms with van der Waals surface area (Å²) in [7, 11) is -3.36. The molecule has 1 fully saturated rings. The van der Waals surface area contributed by atoms with Crippen LogP contribution in [0.15, 0.2) is 35.2 Å². The smallest absolute Gasteiger partial charge is 0.240 e. The van der Waals surface area contributed by atoms with Crippen molar-refractivity contribution in [2.24, 2.45) is 5.92 Å². The van der Waals surface area contributed by atoms with Crippen molar-refractivity contribution in [2.75, 3.05) is 26.2 Å². The predicted octanol–water partition coefficient (Wildman–Crippen LogP) is 2.09. The summed E-state index contributed by atoms with van der Waals surface area (Å²) in [4.78, 5) is 2.70. The second-order valence-corrected chi connectivity index (χ2v) is 7.19. The molecule has 0 aliphatic carbocycles. The molecule has 0 saturated carbocycles. The van der Waals surface area contributed by atoms with Gasteiger partial charge in [-0.05, 0) is 37.4 Å². The van der Waals surface area contributed by atoms with Crippen molar-refractivity contribution >= 4 is 10.0 Å². The Hall–Kier alpha value is -0.910. The summed E-state index contributed by atoms with van der Waals surface area (Å²) in [5, 5.41) is 0. The van der Waals surface area contributed by atoms with Crippen LogP contribution in [0, 0.1) is 5.92 Å². The molecule has 2 rings (SSSR count). The Labute approximate surface area is 122 Å². The molecule has 1 N–H and O–H groups in total. The minimum atomic E-state index is -3.36. The third kappa shape index (κ3) is 4.30. The molecule has 1 heterocycles. The number of hydrogen-bond donors (Lipinski definition) is 1. The van der Waals surface area contributed by atoms with Crippen LogP contribution in [0.4, 0.5) is 0 Å². The molecular weight excluding hydrogens is 272 g/mol. The number of benzene rings is 1. The van der Waals surface area contributed by atoms with Gasteiger partial charge in [0.05, 0.1) is 4.90 Å². The van der Waals surface area contributed by atoms with E-state index in [2.05, 4.69) is 16.5 Å². The molecule has 112 valence electrons. The van der Waals surface area contributed by atoms with E-state index < -0.39 is 10.0 Å². The van der Waals surface area contributed by atoms with Gasteiger partial charge in [-0.2, -0.15) is 0 Å². The first-order valence-corrected chi connectivity index (χ1v) is 8.87. The molecule has 1 aromatic carbocycles. The number of likely N-dealkylation sites (tertiary alicyclic amines) is 1. The van der Waals surface area contributed by atoms with E-state index in [0.717, 1.165) is 25.6 Å². The lowest BCUT2D eigenvalue weighted by atomic mass is 9.96. The SMILES string of the molecule is CC[C@@H]1CCCN(CCNS(=O)(=O)c2ccccc2)C1. The van der Waals surface area contributed by atoms with E-state index in [1.807, 2.05) is 6.07 Å². The minimum Gasteiger partial charge on any atom is -0.302 e. The van der Waals surface area contributed by atoms with Crippen LogP contribution in [0.2, 0.25) is 0 Å². The van der Waals surface area contributed by atoms with E-state index in [4.69, 9.17) is 0 Å². The van der Waals surface area contributed by atoms with Gasteiger partial charge in [-0.25, -0.2) is 13.1 Å². The van der Waals surface area contributed by atoms with Gasteiger partial charge in [0.2, 0.25) is 10.0 Å². The Balaban J connectivity index is 1.81. The number of rotatable bonds is 6. The lowest BCUT2D eigenvalue weighted by Crippen LogP contribution is -2.40. The molecule has 0 radical (unpaired) electrons. The standard InChI is InChI=1S/C15H24N2O2S/c1-2-14-7-6-11-17(13-14)12-10-16-20(18,19)15-8-4-3-5-9-15/h3-5,8-9,14,16H,2,6-7,10-13H2,1H3/t14-/m1/s1. The summed E-state index contributed by atoms with van der Waals surface area (Å²) in [6.45, 7) is 5.69. The fourth-order valence-corrected chi connectivity index (χ4v) is 3.75. The quantitative estimate of drug-likeness (QED) is 0.874. The number of sulfonamides is 1. The summed E-state index contributed by atoms with van der Waals surface area (Å²) in [5.41, 5.74) is 0. The van der Waals surface area contributed by atoms with Gasteiger partial charge >= 0.3 is 0 Å². The van der Waals surface area contributed by atoms with Crippen LogP contribution in [0.5, 0.6) is 0 Å². The summed E-state index contributed by atoms with van der Waals surface area (Å²) in [6.07, 6.45) is 3.75. The van der Waals surface area contributed by atoms with Crippen LogP contribution in [-0.4, -0.2) is 39.5 Å². The summed E-state index contributed by atoms with van der Waals surface area (Å²) in [5.74, 6) is 0.773. The monoisotopic (exact) mass is 296 g/mol. The maximum atomic E-state index is 12.1. The van der Waals surface area contributed by atoms with Gasteiger partial charge in [-0.1, -0.05) is 31.5 Å². The first-order valence-electron chi connectivity index (χ1n) is 7.39. The molecule has 1 aliphatic heterocycles. The molecule has 1 aromatic rings. The zero-order chi connectivity index (χ0) is 14.4. The molecule has 5 heteroatoms. The van der Waals surface area contributed by atoms with Crippen molar-refractivity contribution < 1.29 is 8.42 Å². The maximum Gasteiger partial charge on any atom is 0.240 e. The second-order valence-electron chi connectivity index (χ2n) is 5.43. The number of nitrogens with one attached hydrogen (secondary N) is 1. The van der Waals surface area contributed by atoms with Crippen LogP contribution in [0.3, 0.4) is 0 Å². The van der Waals surface area contributed by atoms with E-state index in [1.165, 1.54) is 19.3 Å². The first kappa shape index (κ1) is 15.5. The van der Waals surface area contributed by atoms with Gasteiger partial charge in [-0.3, -0.25) is 0 Å². The zero-order valence-electron chi connectivity index (χ0n) is 12.1. The van der Waals surface area contributed by atoms with Gasteiger partial charge in [-0.15, -0.1) is 0 Å². The molecule has 1 aliphatic rings. The van der Waals surface area contributed by atoms with E-state index >= 15 is 0 Å². The van der Waals surface area contributed by atoms with Crippen LogP contribution < -0.4 is 4.72 Å². The van der Waals surface area contributed by atoms with Gasteiger partial charge in [0.25, 0.3) is 0 Å². The van der Waals surface area contributed by atoms with E-state index in [1.54, 1.807) is 24.3 Å². The van der Waals surface area contributed by atoms with Gasteiger partial charge in [0.15, 0.2) is 0 Å². The van der Waals surface area contributed by atoms with E-state index in [0.29, 0.717) is 11.4 Å². The highest BCUT2D eigenvalue weighted by molar-refractivity contribution is 7.89. The van der Waals surface area contributed by atoms with Crippen molar-refractivity contribution in [1.82, 2.24) is 9.62 Å². The fourth-order valence-electron chi connectivity index (χ4n) is 2.71. The summed E-state index contributed by atoms with van der Waals surface area (Å²) in [6, 6.07) is 8.54. The van der Waals surface area contributed by atoms with Gasteiger partial charge in [0, 0.05) is 19.6 Å². The van der Waals surface area contributed by atoms with Crippen LogP contribution in [-0.2, 0) is 10.0 Å². The Morgan fingerprint density at radius 1 is 1.30 bits per heavy atom. The lowest BCUT2D eigenvalue weighted by molar-refractivity contribution is 0.175. The normalized spacial score (nSPS) is 20.9. The molecule has 20 heavy (non-hydrogen) atoms. The highest BCUT2D eigenvalue weighted by Gasteiger charge is 2.19. The molecule has 1 saturated heterocycles. The minimum absolute atomic E-state index is 0.338. The Kier molecular flexibility index (Phi) is 5.57. The average molecular weight is 296 g/mol. The highest BCUT2D eigenvalue weighted by atomic mass is 32.2. The first-order chi connectivity index (χ1) is 9.62. The van der Waals surface area contributed by atoms with E-state index in [9.17, 15) is 8.42 Å². The lowest BCUT2D eigenvalue weighted by Gasteiger charge is -2.32. The fraction of sp³-hybridized carbons (Fsp3) is 0.600. The van der Waals surface area contributed by atoms with E-state index in [-0.39, 0.29) is 0 Å². The molecule has 0 amide bonds. The number of nitrogens with zero attached hydrogens (tertiary/aromatic N) is 1. The molecular formula is C15H24N2O2S.